The van der Waals surface area contributed by atoms with E-state index in [1.54, 1.807) is 24.8 Å². The van der Waals surface area contributed by atoms with Crippen molar-refractivity contribution in [3.8, 4) is 11.5 Å². The number of allylic oxidation sites excluding steroid dienone is 2. The minimum Gasteiger partial charge on any atom is -0.493 e. The fraction of sp³-hybridized carbons (Fsp3) is 0.778. The first-order chi connectivity index (χ1) is 24.4. The first-order valence-corrected chi connectivity index (χ1v) is 20.5. The summed E-state index contributed by atoms with van der Waals surface area (Å²) >= 11 is 0. The highest BCUT2D eigenvalue weighted by atomic mass is 16.5. The maximum Gasteiger partial charge on any atom is 0.326 e. The third-order valence-corrected chi connectivity index (χ3v) is 16.7. The number of carboxylic acids is 1. The van der Waals surface area contributed by atoms with Gasteiger partial charge in [0.1, 0.15) is 6.04 Å². The maximum atomic E-state index is 13.2. The Hall–Kier alpha value is -2.54. The molecule has 290 valence electrons. The molecule has 5 aliphatic rings. The molecule has 3 N–H and O–H groups in total. The van der Waals surface area contributed by atoms with Gasteiger partial charge in [-0.25, -0.2) is 4.79 Å². The number of benzene rings is 1. The number of fused-ring (bicyclic) bond motifs is 7. The van der Waals surface area contributed by atoms with Crippen molar-refractivity contribution < 1.29 is 29.3 Å². The molecule has 0 aromatic heterocycles. The molecular weight excluding hydrogens is 650 g/mol. The van der Waals surface area contributed by atoms with E-state index in [0.29, 0.717) is 46.7 Å². The molecule has 5 aliphatic carbocycles. The third kappa shape index (κ3) is 6.41. The summed E-state index contributed by atoms with van der Waals surface area (Å²) in [5, 5.41) is 23.9. The molecule has 0 spiro atoms. The van der Waals surface area contributed by atoms with Crippen molar-refractivity contribution in [2.45, 2.75) is 157 Å². The number of aliphatic hydroxyl groups excluding tert-OH is 1. The van der Waals surface area contributed by atoms with Crippen molar-refractivity contribution in [1.29, 1.82) is 0 Å². The van der Waals surface area contributed by atoms with Gasteiger partial charge < -0.3 is 25.0 Å². The molecule has 0 heterocycles. The van der Waals surface area contributed by atoms with Gasteiger partial charge in [0.15, 0.2) is 11.5 Å². The topological polar surface area (TPSA) is 105 Å². The molecule has 4 saturated carbocycles. The number of amides is 1. The zero-order valence-electron chi connectivity index (χ0n) is 33.8. The molecule has 9 atom stereocenters. The van der Waals surface area contributed by atoms with Crippen molar-refractivity contribution in [2.75, 3.05) is 14.2 Å². The number of rotatable bonds is 11. The van der Waals surface area contributed by atoms with Crippen LogP contribution in [0.25, 0.3) is 0 Å². The number of para-hydroxylation sites is 1. The van der Waals surface area contributed by atoms with E-state index in [9.17, 15) is 19.8 Å². The lowest BCUT2D eigenvalue weighted by Gasteiger charge is -2.71. The fourth-order valence-corrected chi connectivity index (χ4v) is 13.3. The molecular formula is C45H69NO6. The number of carboxylic acid groups (broad SMARTS) is 1. The summed E-state index contributed by atoms with van der Waals surface area (Å²) in [7, 11) is 3.09. The summed E-state index contributed by atoms with van der Waals surface area (Å²) < 4.78 is 10.9. The number of carbonyl (C=O) groups excluding carboxylic acids is 1. The monoisotopic (exact) mass is 720 g/mol. The maximum absolute atomic E-state index is 13.2. The number of ether oxygens (including phenoxy) is 2. The van der Waals surface area contributed by atoms with Gasteiger partial charge in [-0.05, 0) is 133 Å². The summed E-state index contributed by atoms with van der Waals surface area (Å²) in [5.74, 6) is 1.54. The van der Waals surface area contributed by atoms with Crippen molar-refractivity contribution in [2.24, 2.45) is 50.2 Å². The van der Waals surface area contributed by atoms with Gasteiger partial charge in [-0.1, -0.05) is 78.7 Å². The lowest BCUT2D eigenvalue weighted by atomic mass is 9.33. The molecule has 7 nitrogen and oxygen atoms in total. The zero-order chi connectivity index (χ0) is 37.9. The molecule has 4 fully saturated rings. The van der Waals surface area contributed by atoms with E-state index in [4.69, 9.17) is 9.47 Å². The van der Waals surface area contributed by atoms with Gasteiger partial charge in [0.25, 0.3) is 0 Å². The fourth-order valence-electron chi connectivity index (χ4n) is 13.3. The van der Waals surface area contributed by atoms with Crippen LogP contribution in [0.2, 0.25) is 0 Å². The molecule has 1 aromatic rings. The Bertz CT molecular complexity index is 1550. The van der Waals surface area contributed by atoms with Crippen LogP contribution in [-0.4, -0.2) is 48.5 Å². The Kier molecular flexibility index (Phi) is 10.5. The van der Waals surface area contributed by atoms with E-state index in [1.165, 1.54) is 58.5 Å². The number of methoxy groups -OCH3 is 2. The second kappa shape index (κ2) is 13.9. The van der Waals surface area contributed by atoms with Crippen LogP contribution in [0.4, 0.5) is 0 Å². The van der Waals surface area contributed by atoms with Crippen LogP contribution in [0.15, 0.2) is 29.8 Å². The van der Waals surface area contributed by atoms with Gasteiger partial charge in [-0.15, -0.1) is 0 Å². The average Bonchev–Trinajstić information content (AvgIpc) is 3.08. The minimum absolute atomic E-state index is 0.0383. The third-order valence-electron chi connectivity index (χ3n) is 16.7. The van der Waals surface area contributed by atoms with Gasteiger partial charge in [0.2, 0.25) is 5.91 Å². The molecule has 1 unspecified atom stereocenters. The molecule has 0 bridgehead atoms. The Labute approximate surface area is 314 Å². The summed E-state index contributed by atoms with van der Waals surface area (Å²) in [4.78, 5) is 25.4. The lowest BCUT2D eigenvalue weighted by Crippen LogP contribution is -2.64. The second-order valence-electron chi connectivity index (χ2n) is 20.0. The highest BCUT2D eigenvalue weighted by Gasteiger charge is 2.68. The SMILES string of the molecule is COc1cccc(CC(NC(=O)CCCC[C@]23CCC(C)(C)C[C@H]2C2=CC[C@@H]4[C@@]5(C)CC[C@H](O)C(C)(C)[C@@H]5CC[C@@]4(C)[C@]2(C)CC3)C(=O)O)c1OC. The number of nitrogens with one attached hydrogen (secondary N) is 1. The quantitative estimate of drug-likeness (QED) is 0.156. The molecule has 7 heteroatoms. The van der Waals surface area contributed by atoms with E-state index >= 15 is 0 Å². The predicted octanol–water partition coefficient (Wildman–Crippen LogP) is 9.54. The Morgan fingerprint density at radius 2 is 1.63 bits per heavy atom. The number of unbranched alkanes of at least 4 members (excludes halogenated alkanes) is 1. The second-order valence-corrected chi connectivity index (χ2v) is 20.0. The summed E-state index contributed by atoms with van der Waals surface area (Å²) in [5.41, 5.74) is 3.68. The molecule has 0 radical (unpaired) electrons. The van der Waals surface area contributed by atoms with Crippen LogP contribution in [-0.2, 0) is 16.0 Å². The van der Waals surface area contributed by atoms with Crippen molar-refractivity contribution in [3.63, 3.8) is 0 Å². The van der Waals surface area contributed by atoms with Crippen molar-refractivity contribution in [3.05, 3.63) is 35.4 Å². The first kappa shape index (κ1) is 39.2. The van der Waals surface area contributed by atoms with E-state index in [1.807, 2.05) is 6.07 Å². The molecule has 0 saturated heterocycles. The highest BCUT2D eigenvalue weighted by Crippen LogP contribution is 2.76. The van der Waals surface area contributed by atoms with Gasteiger partial charge in [0.05, 0.1) is 20.3 Å². The molecule has 52 heavy (non-hydrogen) atoms. The van der Waals surface area contributed by atoms with Crippen molar-refractivity contribution in [1.82, 2.24) is 5.32 Å². The van der Waals surface area contributed by atoms with E-state index < -0.39 is 12.0 Å². The zero-order valence-corrected chi connectivity index (χ0v) is 33.8. The van der Waals surface area contributed by atoms with E-state index in [2.05, 4.69) is 59.9 Å². The molecule has 0 aliphatic heterocycles. The van der Waals surface area contributed by atoms with Crippen LogP contribution in [0.3, 0.4) is 0 Å². The van der Waals surface area contributed by atoms with E-state index in [-0.39, 0.29) is 45.5 Å². The Balaban J connectivity index is 1.15. The van der Waals surface area contributed by atoms with Gasteiger partial charge in [-0.3, -0.25) is 4.79 Å². The summed E-state index contributed by atoms with van der Waals surface area (Å²) in [6.45, 7) is 17.5. The average molecular weight is 720 g/mol. The number of aliphatic hydroxyl groups is 1. The summed E-state index contributed by atoms with van der Waals surface area (Å²) in [6, 6.07) is 4.35. The van der Waals surface area contributed by atoms with Crippen LogP contribution in [0, 0.1) is 50.2 Å². The molecule has 6 rings (SSSR count). The largest absolute Gasteiger partial charge is 0.493 e. The van der Waals surface area contributed by atoms with Crippen LogP contribution < -0.4 is 14.8 Å². The number of hydrogen-bond donors (Lipinski definition) is 3. The number of carbonyl (C=O) groups is 2. The van der Waals surface area contributed by atoms with Crippen LogP contribution in [0.5, 0.6) is 11.5 Å². The van der Waals surface area contributed by atoms with Crippen LogP contribution in [0.1, 0.15) is 144 Å². The Morgan fingerprint density at radius 1 is 0.904 bits per heavy atom. The smallest absolute Gasteiger partial charge is 0.326 e. The lowest BCUT2D eigenvalue weighted by molar-refractivity contribution is -0.203. The first-order valence-electron chi connectivity index (χ1n) is 20.5. The Morgan fingerprint density at radius 3 is 2.33 bits per heavy atom. The van der Waals surface area contributed by atoms with Crippen LogP contribution >= 0.6 is 0 Å². The van der Waals surface area contributed by atoms with Gasteiger partial charge >= 0.3 is 5.97 Å². The van der Waals surface area contributed by atoms with E-state index in [0.717, 1.165) is 32.1 Å². The molecule has 1 amide bonds. The normalized spacial score (nSPS) is 37.9. The van der Waals surface area contributed by atoms with Crippen molar-refractivity contribution >= 4 is 11.9 Å². The number of aliphatic carboxylic acids is 1. The predicted molar refractivity (Wildman–Crippen MR) is 206 cm³/mol. The highest BCUT2D eigenvalue weighted by molar-refractivity contribution is 5.83. The summed E-state index contributed by atoms with van der Waals surface area (Å²) in [6.07, 6.45) is 17.8. The molecule has 1 aromatic carbocycles. The van der Waals surface area contributed by atoms with Gasteiger partial charge in [-0.2, -0.15) is 0 Å². The standard InChI is InChI=1S/C45H69NO6/c1-40(2)23-25-45(20-11-10-15-37(48)46-32(39(49)50)27-29-13-12-14-33(51-8)38(29)52-9)26-24-43(6)30(31(45)28-40)16-17-35-42(5)21-19-36(47)41(3,4)34(42)18-22-44(35,43)7/h12-14,16,31-32,34-36,47H,10-11,15,17-28H2,1-9H3,(H,46,48)(H,49,50)/t31-,32?,34-,35+,36-,42-,43+,44+,45+/m0/s1. The number of hydrogen-bond acceptors (Lipinski definition) is 5. The minimum atomic E-state index is -1.06. The van der Waals surface area contributed by atoms with Gasteiger partial charge in [0, 0.05) is 18.4 Å².